The lowest BCUT2D eigenvalue weighted by atomic mass is 9.92. The van der Waals surface area contributed by atoms with Crippen LogP contribution >= 0.6 is 12.4 Å². The summed E-state index contributed by atoms with van der Waals surface area (Å²) in [5, 5.41) is 0. The number of nitrogens with zero attached hydrogens (tertiary/aromatic N) is 1. The van der Waals surface area contributed by atoms with Crippen LogP contribution in [0.4, 0.5) is 0 Å². The van der Waals surface area contributed by atoms with Crippen LogP contribution in [0.1, 0.15) is 30.1 Å². The molecule has 0 aliphatic heterocycles. The first-order chi connectivity index (χ1) is 6.31. The molecule has 0 saturated carbocycles. The smallest absolute Gasteiger partial charge is 0.137 e. The highest BCUT2D eigenvalue weighted by atomic mass is 35.5. The molecule has 1 atom stereocenters. The van der Waals surface area contributed by atoms with E-state index in [4.69, 9.17) is 10.5 Å². The Labute approximate surface area is 90.1 Å². The Bertz CT molecular complexity index is 317. The van der Waals surface area contributed by atoms with Crippen LogP contribution in [-0.2, 0) is 6.42 Å². The van der Waals surface area contributed by atoms with Gasteiger partial charge in [0.2, 0.25) is 0 Å². The monoisotopic (exact) mass is 214 g/mol. The van der Waals surface area contributed by atoms with Gasteiger partial charge in [0.15, 0.2) is 0 Å². The number of methoxy groups -OCH3 is 1. The molecule has 1 aromatic heterocycles. The molecule has 1 unspecified atom stereocenters. The molecule has 1 aromatic rings. The summed E-state index contributed by atoms with van der Waals surface area (Å²) in [6.07, 6.45) is 5.01. The second-order valence-electron chi connectivity index (χ2n) is 3.41. The first-order valence-corrected chi connectivity index (χ1v) is 4.59. The molecule has 0 bridgehead atoms. The van der Waals surface area contributed by atoms with Crippen LogP contribution in [0.2, 0.25) is 0 Å². The van der Waals surface area contributed by atoms with Gasteiger partial charge in [0.1, 0.15) is 5.75 Å². The highest BCUT2D eigenvalue weighted by Crippen LogP contribution is 2.28. The number of hydrogen-bond acceptors (Lipinski definition) is 3. The molecule has 2 N–H and O–H groups in total. The van der Waals surface area contributed by atoms with Gasteiger partial charge < -0.3 is 10.5 Å². The maximum Gasteiger partial charge on any atom is 0.137 e. The maximum atomic E-state index is 5.97. The fourth-order valence-corrected chi connectivity index (χ4v) is 1.78. The standard InChI is InChI=1S/C10H14N2O.ClH/c1-13-7-5-8-9(11)3-2-4-10(8)12-6-7;/h5-6,9H,2-4,11H2,1H3;1H. The first kappa shape index (κ1) is 11.3. The van der Waals surface area contributed by atoms with Gasteiger partial charge in [-0.15, -0.1) is 12.4 Å². The third-order valence-electron chi connectivity index (χ3n) is 2.54. The van der Waals surface area contributed by atoms with E-state index in [0.717, 1.165) is 36.3 Å². The van der Waals surface area contributed by atoms with Gasteiger partial charge in [-0.25, -0.2) is 0 Å². The summed E-state index contributed by atoms with van der Waals surface area (Å²) >= 11 is 0. The van der Waals surface area contributed by atoms with Gasteiger partial charge >= 0.3 is 0 Å². The zero-order chi connectivity index (χ0) is 9.26. The highest BCUT2D eigenvalue weighted by Gasteiger charge is 2.18. The van der Waals surface area contributed by atoms with Gasteiger partial charge in [-0.05, 0) is 30.9 Å². The van der Waals surface area contributed by atoms with Gasteiger partial charge in [0, 0.05) is 11.7 Å². The molecule has 0 saturated heterocycles. The van der Waals surface area contributed by atoms with Crippen molar-refractivity contribution in [2.45, 2.75) is 25.3 Å². The lowest BCUT2D eigenvalue weighted by Crippen LogP contribution is -2.18. The van der Waals surface area contributed by atoms with Crippen LogP contribution in [0.15, 0.2) is 12.3 Å². The van der Waals surface area contributed by atoms with Crippen molar-refractivity contribution in [3.63, 3.8) is 0 Å². The van der Waals surface area contributed by atoms with Crippen molar-refractivity contribution in [3.05, 3.63) is 23.5 Å². The Morgan fingerprint density at radius 3 is 3.07 bits per heavy atom. The number of nitrogens with two attached hydrogens (primary N) is 1. The zero-order valence-electron chi connectivity index (χ0n) is 8.19. The molecule has 14 heavy (non-hydrogen) atoms. The van der Waals surface area contributed by atoms with Crippen molar-refractivity contribution < 1.29 is 4.74 Å². The van der Waals surface area contributed by atoms with Gasteiger partial charge in [0.25, 0.3) is 0 Å². The molecule has 1 heterocycles. The summed E-state index contributed by atoms with van der Waals surface area (Å²) in [5.74, 6) is 0.802. The summed E-state index contributed by atoms with van der Waals surface area (Å²) in [4.78, 5) is 4.34. The van der Waals surface area contributed by atoms with Crippen molar-refractivity contribution in [1.82, 2.24) is 4.98 Å². The van der Waals surface area contributed by atoms with Crippen LogP contribution in [0.3, 0.4) is 0 Å². The minimum atomic E-state index is 0. The molecule has 0 aromatic carbocycles. The third-order valence-corrected chi connectivity index (χ3v) is 2.54. The van der Waals surface area contributed by atoms with E-state index >= 15 is 0 Å². The van der Waals surface area contributed by atoms with E-state index in [0.29, 0.717) is 0 Å². The Morgan fingerprint density at radius 1 is 1.57 bits per heavy atom. The number of fused-ring (bicyclic) bond motifs is 1. The molecule has 3 nitrogen and oxygen atoms in total. The van der Waals surface area contributed by atoms with E-state index in [2.05, 4.69) is 4.98 Å². The van der Waals surface area contributed by atoms with E-state index in [1.165, 1.54) is 0 Å². The summed E-state index contributed by atoms with van der Waals surface area (Å²) in [6, 6.07) is 2.15. The molecule has 4 heteroatoms. The fourth-order valence-electron chi connectivity index (χ4n) is 1.78. The van der Waals surface area contributed by atoms with E-state index in [1.54, 1.807) is 13.3 Å². The van der Waals surface area contributed by atoms with Crippen molar-refractivity contribution >= 4 is 12.4 Å². The fraction of sp³-hybridized carbons (Fsp3) is 0.500. The lowest BCUT2D eigenvalue weighted by molar-refractivity contribution is 0.409. The largest absolute Gasteiger partial charge is 0.495 e. The van der Waals surface area contributed by atoms with Crippen molar-refractivity contribution in [3.8, 4) is 5.75 Å². The Morgan fingerprint density at radius 2 is 2.36 bits per heavy atom. The predicted octanol–water partition coefficient (Wildman–Crippen LogP) is 1.85. The Hall–Kier alpha value is -0.800. The molecular formula is C10H15ClN2O. The molecule has 0 amide bonds. The van der Waals surface area contributed by atoms with Gasteiger partial charge in [-0.1, -0.05) is 0 Å². The SMILES string of the molecule is COc1cnc2c(c1)C(N)CCC2.Cl. The maximum absolute atomic E-state index is 5.97. The van der Waals surface area contributed by atoms with E-state index in [1.807, 2.05) is 6.07 Å². The first-order valence-electron chi connectivity index (χ1n) is 4.59. The number of halogens is 1. The van der Waals surface area contributed by atoms with Crippen LogP contribution in [0.5, 0.6) is 5.75 Å². The summed E-state index contributed by atoms with van der Waals surface area (Å²) in [7, 11) is 1.65. The minimum Gasteiger partial charge on any atom is -0.495 e. The normalized spacial score (nSPS) is 19.4. The number of pyridine rings is 1. The molecule has 78 valence electrons. The van der Waals surface area contributed by atoms with Gasteiger partial charge in [0.05, 0.1) is 13.3 Å². The second kappa shape index (κ2) is 4.62. The summed E-state index contributed by atoms with van der Waals surface area (Å²) in [5.41, 5.74) is 8.27. The van der Waals surface area contributed by atoms with Crippen molar-refractivity contribution in [2.75, 3.05) is 7.11 Å². The predicted molar refractivity (Wildman–Crippen MR) is 57.9 cm³/mol. The van der Waals surface area contributed by atoms with Crippen LogP contribution in [0, 0.1) is 0 Å². The molecule has 1 aliphatic rings. The minimum absolute atomic E-state index is 0. The lowest BCUT2D eigenvalue weighted by Gasteiger charge is -2.21. The molecule has 0 radical (unpaired) electrons. The average molecular weight is 215 g/mol. The van der Waals surface area contributed by atoms with Gasteiger partial charge in [-0.2, -0.15) is 0 Å². The van der Waals surface area contributed by atoms with Crippen LogP contribution in [0.25, 0.3) is 0 Å². The van der Waals surface area contributed by atoms with E-state index < -0.39 is 0 Å². The van der Waals surface area contributed by atoms with Crippen molar-refractivity contribution in [1.29, 1.82) is 0 Å². The third kappa shape index (κ3) is 1.99. The van der Waals surface area contributed by atoms with Gasteiger partial charge in [-0.3, -0.25) is 4.98 Å². The van der Waals surface area contributed by atoms with E-state index in [-0.39, 0.29) is 18.4 Å². The average Bonchev–Trinajstić information content (AvgIpc) is 2.18. The highest BCUT2D eigenvalue weighted by molar-refractivity contribution is 5.85. The zero-order valence-corrected chi connectivity index (χ0v) is 9.01. The molecule has 1 aliphatic carbocycles. The Kier molecular flexibility index (Phi) is 3.72. The molecule has 0 spiro atoms. The number of ether oxygens (including phenoxy) is 1. The second-order valence-corrected chi connectivity index (χ2v) is 3.41. The quantitative estimate of drug-likeness (QED) is 0.776. The Balaban J connectivity index is 0.000000980. The number of aryl methyl sites for hydroxylation is 1. The molecule has 0 fully saturated rings. The molecular weight excluding hydrogens is 200 g/mol. The van der Waals surface area contributed by atoms with Crippen molar-refractivity contribution in [2.24, 2.45) is 5.73 Å². The van der Waals surface area contributed by atoms with Crippen LogP contribution < -0.4 is 10.5 Å². The number of rotatable bonds is 1. The van der Waals surface area contributed by atoms with E-state index in [9.17, 15) is 0 Å². The summed E-state index contributed by atoms with van der Waals surface area (Å²) in [6.45, 7) is 0. The van der Waals surface area contributed by atoms with Crippen LogP contribution in [-0.4, -0.2) is 12.1 Å². The summed E-state index contributed by atoms with van der Waals surface area (Å²) < 4.78 is 5.11. The number of hydrogen-bond donors (Lipinski definition) is 1. The number of aromatic nitrogens is 1. The topological polar surface area (TPSA) is 48.1 Å². The molecule has 2 rings (SSSR count).